The molecule has 1 heterocycles. The van der Waals surface area contributed by atoms with Crippen molar-refractivity contribution in [2.75, 3.05) is 0 Å². The summed E-state index contributed by atoms with van der Waals surface area (Å²) in [5, 5.41) is 21.7. The molecule has 152 valence electrons. The zero-order chi connectivity index (χ0) is 20.9. The number of aromatic nitrogens is 1. The number of carbonyl (C=O) groups excluding carboxylic acids is 1. The van der Waals surface area contributed by atoms with Gasteiger partial charge in [0, 0.05) is 13.1 Å². The summed E-state index contributed by atoms with van der Waals surface area (Å²) in [7, 11) is 0. The highest BCUT2D eigenvalue weighted by Crippen LogP contribution is 2.29. The van der Waals surface area contributed by atoms with Crippen LogP contribution in [0.2, 0.25) is 0 Å². The van der Waals surface area contributed by atoms with Crippen molar-refractivity contribution >= 4 is 27.5 Å². The molecule has 1 amide bonds. The van der Waals surface area contributed by atoms with Gasteiger partial charge in [-0.25, -0.2) is 4.98 Å². The molecule has 5 nitrogen and oxygen atoms in total. The first-order valence-corrected chi connectivity index (χ1v) is 10.5. The lowest BCUT2D eigenvalue weighted by molar-refractivity contribution is -0.147. The molecule has 30 heavy (non-hydrogen) atoms. The van der Waals surface area contributed by atoms with Gasteiger partial charge in [-0.15, -0.1) is 11.3 Å². The van der Waals surface area contributed by atoms with E-state index < -0.39 is 18.1 Å². The third-order valence-electron chi connectivity index (χ3n) is 4.86. The predicted molar refractivity (Wildman–Crippen MR) is 118 cm³/mol. The second-order valence-electron chi connectivity index (χ2n) is 7.07. The van der Waals surface area contributed by atoms with Crippen LogP contribution < -0.4 is 0 Å². The molecule has 0 aliphatic heterocycles. The highest BCUT2D eigenvalue weighted by atomic mass is 32.1. The van der Waals surface area contributed by atoms with Gasteiger partial charge in [-0.3, -0.25) is 4.79 Å². The lowest BCUT2D eigenvalue weighted by Crippen LogP contribution is -2.41. The fraction of sp³-hybridized carbons (Fsp3) is 0.167. The number of aliphatic hydroxyl groups excluding tert-OH is 2. The van der Waals surface area contributed by atoms with Gasteiger partial charge in [-0.1, -0.05) is 72.8 Å². The largest absolute Gasteiger partial charge is 0.383 e. The van der Waals surface area contributed by atoms with Gasteiger partial charge in [0.2, 0.25) is 0 Å². The van der Waals surface area contributed by atoms with Crippen molar-refractivity contribution in [1.29, 1.82) is 0 Å². The van der Waals surface area contributed by atoms with Gasteiger partial charge in [0.1, 0.15) is 11.1 Å². The first kappa shape index (κ1) is 20.2. The van der Waals surface area contributed by atoms with Crippen LogP contribution in [0.5, 0.6) is 0 Å². The molecule has 3 aromatic carbocycles. The lowest BCUT2D eigenvalue weighted by atomic mass is 10.1. The maximum atomic E-state index is 13.2. The van der Waals surface area contributed by atoms with E-state index in [0.29, 0.717) is 18.1 Å². The minimum absolute atomic E-state index is 0.330. The Bertz CT molecular complexity index is 1040. The molecule has 0 fully saturated rings. The van der Waals surface area contributed by atoms with Crippen LogP contribution in [-0.4, -0.2) is 32.1 Å². The van der Waals surface area contributed by atoms with Crippen molar-refractivity contribution in [2.24, 2.45) is 0 Å². The van der Waals surface area contributed by atoms with E-state index >= 15 is 0 Å². The highest BCUT2D eigenvalue weighted by molar-refractivity contribution is 7.18. The molecule has 6 heteroatoms. The van der Waals surface area contributed by atoms with Gasteiger partial charge >= 0.3 is 0 Å². The number of fused-ring (bicyclic) bond motifs is 1. The van der Waals surface area contributed by atoms with Crippen molar-refractivity contribution < 1.29 is 15.0 Å². The van der Waals surface area contributed by atoms with E-state index in [4.69, 9.17) is 0 Å². The van der Waals surface area contributed by atoms with E-state index in [9.17, 15) is 15.0 Å². The number of hydrogen-bond acceptors (Lipinski definition) is 5. The lowest BCUT2D eigenvalue weighted by Gasteiger charge is -2.27. The second kappa shape index (κ2) is 9.17. The smallest absolute Gasteiger partial charge is 0.255 e. The van der Waals surface area contributed by atoms with Crippen LogP contribution in [0.1, 0.15) is 22.2 Å². The van der Waals surface area contributed by atoms with E-state index in [-0.39, 0.29) is 0 Å². The average Bonchev–Trinajstić information content (AvgIpc) is 3.23. The standard InChI is InChI=1S/C24H22N2O3S/c27-21(23-25-19-13-7-8-14-20(19)30-23)22(28)24(29)26(15-17-9-3-1-4-10-17)16-18-11-5-2-6-12-18/h1-14,21-22,27-28H,15-16H2. The Balaban J connectivity index is 1.57. The van der Waals surface area contributed by atoms with Crippen molar-refractivity contribution in [3.63, 3.8) is 0 Å². The predicted octanol–water partition coefficient (Wildman–Crippen LogP) is 3.92. The Morgan fingerprint density at radius 3 is 1.93 bits per heavy atom. The number of benzene rings is 3. The number of carbonyl (C=O) groups is 1. The fourth-order valence-corrected chi connectivity index (χ4v) is 4.28. The van der Waals surface area contributed by atoms with Crippen molar-refractivity contribution in [3.8, 4) is 0 Å². The molecule has 2 unspecified atom stereocenters. The molecular formula is C24H22N2O3S. The molecule has 4 aromatic rings. The van der Waals surface area contributed by atoms with Crippen LogP contribution in [0.25, 0.3) is 10.2 Å². The van der Waals surface area contributed by atoms with Crippen LogP contribution in [-0.2, 0) is 17.9 Å². The third-order valence-corrected chi connectivity index (χ3v) is 5.97. The van der Waals surface area contributed by atoms with E-state index in [1.807, 2.05) is 84.9 Å². The molecule has 1 aromatic heterocycles. The number of para-hydroxylation sites is 1. The summed E-state index contributed by atoms with van der Waals surface area (Å²) in [4.78, 5) is 19.1. The number of rotatable bonds is 7. The molecular weight excluding hydrogens is 396 g/mol. The van der Waals surface area contributed by atoms with E-state index in [1.165, 1.54) is 11.3 Å². The van der Waals surface area contributed by atoms with Crippen LogP contribution in [0.3, 0.4) is 0 Å². The minimum Gasteiger partial charge on any atom is -0.383 e. The molecule has 0 radical (unpaired) electrons. The fourth-order valence-electron chi connectivity index (χ4n) is 3.29. The number of amides is 1. The van der Waals surface area contributed by atoms with E-state index in [0.717, 1.165) is 21.3 Å². The summed E-state index contributed by atoms with van der Waals surface area (Å²) >= 11 is 1.28. The molecule has 0 saturated heterocycles. The van der Waals surface area contributed by atoms with Gasteiger partial charge in [0.15, 0.2) is 6.10 Å². The molecule has 0 spiro atoms. The Labute approximate surface area is 178 Å². The Morgan fingerprint density at radius 1 is 0.833 bits per heavy atom. The van der Waals surface area contributed by atoms with Crippen LogP contribution >= 0.6 is 11.3 Å². The monoisotopic (exact) mass is 418 g/mol. The van der Waals surface area contributed by atoms with Crippen LogP contribution in [0, 0.1) is 0 Å². The Morgan fingerprint density at radius 2 is 1.37 bits per heavy atom. The van der Waals surface area contributed by atoms with E-state index in [1.54, 1.807) is 4.90 Å². The summed E-state index contributed by atoms with van der Waals surface area (Å²) in [6.45, 7) is 0.663. The normalized spacial score (nSPS) is 13.1. The quantitative estimate of drug-likeness (QED) is 0.477. The number of aliphatic hydroxyl groups is 2. The summed E-state index contributed by atoms with van der Waals surface area (Å²) < 4.78 is 0.900. The zero-order valence-electron chi connectivity index (χ0n) is 16.3. The first-order valence-electron chi connectivity index (χ1n) is 9.70. The second-order valence-corrected chi connectivity index (χ2v) is 8.14. The molecule has 4 rings (SSSR count). The van der Waals surface area contributed by atoms with Crippen molar-refractivity contribution in [1.82, 2.24) is 9.88 Å². The molecule has 2 N–H and O–H groups in total. The van der Waals surface area contributed by atoms with Gasteiger partial charge in [0.25, 0.3) is 5.91 Å². The van der Waals surface area contributed by atoms with Crippen molar-refractivity contribution in [3.05, 3.63) is 101 Å². The van der Waals surface area contributed by atoms with E-state index in [2.05, 4.69) is 4.98 Å². The SMILES string of the molecule is O=C(C(O)C(O)c1nc2ccccc2s1)N(Cc1ccccc1)Cc1ccccc1. The molecule has 2 atom stereocenters. The van der Waals surface area contributed by atoms with Gasteiger partial charge in [-0.05, 0) is 23.3 Å². The molecule has 0 bridgehead atoms. The topological polar surface area (TPSA) is 73.7 Å². The van der Waals surface area contributed by atoms with Crippen LogP contribution in [0.15, 0.2) is 84.9 Å². The maximum Gasteiger partial charge on any atom is 0.255 e. The molecule has 0 saturated carbocycles. The highest BCUT2D eigenvalue weighted by Gasteiger charge is 2.32. The van der Waals surface area contributed by atoms with Crippen molar-refractivity contribution in [2.45, 2.75) is 25.3 Å². The number of hydrogen-bond donors (Lipinski definition) is 2. The third kappa shape index (κ3) is 4.57. The summed E-state index contributed by atoms with van der Waals surface area (Å²) in [6, 6.07) is 26.7. The Hall–Kier alpha value is -3.06. The molecule has 0 aliphatic rings. The first-order chi connectivity index (χ1) is 14.6. The maximum absolute atomic E-state index is 13.2. The molecule has 0 aliphatic carbocycles. The van der Waals surface area contributed by atoms with Gasteiger partial charge in [-0.2, -0.15) is 0 Å². The van der Waals surface area contributed by atoms with Crippen LogP contribution in [0.4, 0.5) is 0 Å². The Kier molecular flexibility index (Phi) is 6.18. The summed E-state index contributed by atoms with van der Waals surface area (Å²) in [6.07, 6.45) is -2.98. The summed E-state index contributed by atoms with van der Waals surface area (Å²) in [5.74, 6) is -0.533. The summed E-state index contributed by atoms with van der Waals surface area (Å²) in [5.41, 5.74) is 2.63. The van der Waals surface area contributed by atoms with Gasteiger partial charge in [0.05, 0.1) is 10.2 Å². The van der Waals surface area contributed by atoms with Gasteiger partial charge < -0.3 is 15.1 Å². The average molecular weight is 419 g/mol. The number of thiazole rings is 1. The zero-order valence-corrected chi connectivity index (χ0v) is 17.1. The number of nitrogens with zero attached hydrogens (tertiary/aromatic N) is 2. The minimum atomic E-state index is -1.60.